The van der Waals surface area contributed by atoms with Gasteiger partial charge in [0.2, 0.25) is 15.9 Å². The fourth-order valence-electron chi connectivity index (χ4n) is 2.15. The summed E-state index contributed by atoms with van der Waals surface area (Å²) in [6, 6.07) is 7.29. The van der Waals surface area contributed by atoms with Gasteiger partial charge in [0, 0.05) is 6.42 Å². The van der Waals surface area contributed by atoms with Gasteiger partial charge in [0.05, 0.1) is 5.75 Å². The van der Waals surface area contributed by atoms with Crippen molar-refractivity contribution >= 4 is 21.9 Å². The van der Waals surface area contributed by atoms with Crippen molar-refractivity contribution in [2.45, 2.75) is 43.9 Å². The smallest absolute Gasteiger partial charge is 0.321 e. The van der Waals surface area contributed by atoms with Crippen LogP contribution in [0.1, 0.15) is 37.7 Å². The molecule has 0 bridgehead atoms. The molecule has 1 aromatic rings. The minimum absolute atomic E-state index is 0.129. The van der Waals surface area contributed by atoms with E-state index in [4.69, 9.17) is 10.3 Å². The van der Waals surface area contributed by atoms with E-state index in [0.29, 0.717) is 24.8 Å². The number of aliphatic carboxylic acids is 1. The minimum Gasteiger partial charge on any atom is -0.480 e. The highest BCUT2D eigenvalue weighted by Gasteiger charge is 2.23. The Labute approximate surface area is 140 Å². The van der Waals surface area contributed by atoms with Crippen LogP contribution in [0.25, 0.3) is 0 Å². The highest BCUT2D eigenvalue weighted by atomic mass is 32.2. The summed E-state index contributed by atoms with van der Waals surface area (Å²) in [6.45, 7) is 0. The number of rotatable bonds is 11. The predicted molar refractivity (Wildman–Crippen MR) is 86.6 cm³/mol. The van der Waals surface area contributed by atoms with Crippen molar-refractivity contribution in [2.75, 3.05) is 0 Å². The third-order valence-electron chi connectivity index (χ3n) is 3.34. The van der Waals surface area contributed by atoms with Gasteiger partial charge in [-0.25, -0.2) is 18.6 Å². The summed E-state index contributed by atoms with van der Waals surface area (Å²) in [7, 11) is -3.77. The van der Waals surface area contributed by atoms with Crippen molar-refractivity contribution in [3.8, 4) is 0 Å². The minimum atomic E-state index is -3.77. The Morgan fingerprint density at radius 2 is 1.75 bits per heavy atom. The van der Waals surface area contributed by atoms with Crippen molar-refractivity contribution in [3.63, 3.8) is 0 Å². The maximum atomic E-state index is 12.1. The molecule has 0 saturated carbocycles. The van der Waals surface area contributed by atoms with E-state index in [1.165, 1.54) is 5.48 Å². The van der Waals surface area contributed by atoms with E-state index in [0.717, 1.165) is 0 Å². The molecule has 9 heteroatoms. The molecular weight excluding hydrogens is 336 g/mol. The summed E-state index contributed by atoms with van der Waals surface area (Å²) in [5.74, 6) is -2.03. The zero-order valence-electron chi connectivity index (χ0n) is 13.1. The zero-order chi connectivity index (χ0) is 18.0. The number of hydrogen-bond donors (Lipinski definition) is 4. The number of amides is 1. The van der Waals surface area contributed by atoms with E-state index < -0.39 is 27.9 Å². The molecule has 0 unspecified atom stereocenters. The van der Waals surface area contributed by atoms with Gasteiger partial charge < -0.3 is 5.11 Å². The molecule has 0 fully saturated rings. The number of hydroxylamine groups is 1. The number of hydrogen-bond acceptors (Lipinski definition) is 5. The standard InChI is InChI=1S/C15H22N2O6S/c18-14(16-21)10-6-2-5-9-13(15(19)20)17-24(22,23)11-12-7-3-1-4-8-12/h1,3-4,7-8,13,17,21H,2,5-6,9-11H2,(H,16,18)(H,19,20)/t13-/m0/s1. The average Bonchev–Trinajstić information content (AvgIpc) is 2.53. The molecule has 0 heterocycles. The first-order valence-electron chi connectivity index (χ1n) is 7.53. The Bertz CT molecular complexity index is 633. The quantitative estimate of drug-likeness (QED) is 0.265. The van der Waals surface area contributed by atoms with Crippen molar-refractivity contribution < 1.29 is 28.3 Å². The number of unbranched alkanes of at least 4 members (excludes halogenated alkanes) is 2. The van der Waals surface area contributed by atoms with Crippen LogP contribution < -0.4 is 10.2 Å². The van der Waals surface area contributed by atoms with Crippen LogP contribution in [0.2, 0.25) is 0 Å². The molecule has 0 spiro atoms. The Morgan fingerprint density at radius 3 is 2.33 bits per heavy atom. The normalized spacial score (nSPS) is 12.5. The van der Waals surface area contributed by atoms with Gasteiger partial charge in [0.25, 0.3) is 0 Å². The lowest BCUT2D eigenvalue weighted by molar-refractivity contribution is -0.139. The lowest BCUT2D eigenvalue weighted by Crippen LogP contribution is -2.41. The number of sulfonamides is 1. The number of carbonyl (C=O) groups excluding carboxylic acids is 1. The van der Waals surface area contributed by atoms with Gasteiger partial charge in [0.1, 0.15) is 6.04 Å². The third kappa shape index (κ3) is 8.04. The summed E-state index contributed by atoms with van der Waals surface area (Å²) < 4.78 is 26.4. The molecular formula is C15H22N2O6S. The number of carbonyl (C=O) groups is 2. The van der Waals surface area contributed by atoms with Gasteiger partial charge in [0.15, 0.2) is 0 Å². The third-order valence-corrected chi connectivity index (χ3v) is 4.70. The molecule has 1 amide bonds. The van der Waals surface area contributed by atoms with Gasteiger partial charge >= 0.3 is 5.97 Å². The average molecular weight is 358 g/mol. The number of nitrogens with one attached hydrogen (secondary N) is 2. The lowest BCUT2D eigenvalue weighted by Gasteiger charge is -2.14. The predicted octanol–water partition coefficient (Wildman–Crippen LogP) is 1.02. The van der Waals surface area contributed by atoms with E-state index in [9.17, 15) is 18.0 Å². The second kappa shape index (κ2) is 10.0. The van der Waals surface area contributed by atoms with E-state index in [1.54, 1.807) is 30.3 Å². The van der Waals surface area contributed by atoms with Crippen LogP contribution in [-0.4, -0.2) is 36.6 Å². The summed E-state index contributed by atoms with van der Waals surface area (Å²) in [5.41, 5.74) is 2.09. The molecule has 8 nitrogen and oxygen atoms in total. The summed E-state index contributed by atoms with van der Waals surface area (Å²) in [5, 5.41) is 17.5. The fraction of sp³-hybridized carbons (Fsp3) is 0.467. The van der Waals surface area contributed by atoms with Crippen LogP contribution in [0.15, 0.2) is 30.3 Å². The molecule has 0 aliphatic carbocycles. The number of carboxylic acid groups (broad SMARTS) is 1. The number of benzene rings is 1. The Kier molecular flexibility index (Phi) is 8.37. The summed E-state index contributed by atoms with van der Waals surface area (Å²) in [6.07, 6.45) is 1.74. The summed E-state index contributed by atoms with van der Waals surface area (Å²) in [4.78, 5) is 22.1. The molecule has 1 aromatic carbocycles. The zero-order valence-corrected chi connectivity index (χ0v) is 14.0. The summed E-state index contributed by atoms with van der Waals surface area (Å²) >= 11 is 0. The van der Waals surface area contributed by atoms with Crippen molar-refractivity contribution in [1.82, 2.24) is 10.2 Å². The van der Waals surface area contributed by atoms with Gasteiger partial charge in [-0.3, -0.25) is 14.8 Å². The molecule has 24 heavy (non-hydrogen) atoms. The second-order valence-electron chi connectivity index (χ2n) is 5.39. The first-order valence-corrected chi connectivity index (χ1v) is 9.19. The van der Waals surface area contributed by atoms with E-state index in [1.807, 2.05) is 0 Å². The van der Waals surface area contributed by atoms with Crippen LogP contribution in [0.4, 0.5) is 0 Å². The van der Waals surface area contributed by atoms with Crippen molar-refractivity contribution in [3.05, 3.63) is 35.9 Å². The van der Waals surface area contributed by atoms with Crippen LogP contribution in [0, 0.1) is 0 Å². The molecule has 0 aliphatic rings. The molecule has 0 radical (unpaired) electrons. The highest BCUT2D eigenvalue weighted by Crippen LogP contribution is 2.10. The van der Waals surface area contributed by atoms with Crippen molar-refractivity contribution in [2.24, 2.45) is 0 Å². The Hall–Kier alpha value is -1.97. The van der Waals surface area contributed by atoms with Crippen LogP contribution in [-0.2, 0) is 25.4 Å². The number of carboxylic acids is 1. The van der Waals surface area contributed by atoms with E-state index >= 15 is 0 Å². The molecule has 0 saturated heterocycles. The molecule has 1 rings (SSSR count). The first-order chi connectivity index (χ1) is 11.3. The van der Waals surface area contributed by atoms with Crippen LogP contribution >= 0.6 is 0 Å². The maximum absolute atomic E-state index is 12.1. The van der Waals surface area contributed by atoms with Crippen molar-refractivity contribution in [1.29, 1.82) is 0 Å². The SMILES string of the molecule is O=C(CCCCC[C@H](NS(=O)(=O)Cc1ccccc1)C(=O)O)NO. The van der Waals surface area contributed by atoms with Crippen LogP contribution in [0.3, 0.4) is 0 Å². The maximum Gasteiger partial charge on any atom is 0.321 e. The topological polar surface area (TPSA) is 133 Å². The Balaban J connectivity index is 2.47. The van der Waals surface area contributed by atoms with E-state index in [2.05, 4.69) is 4.72 Å². The lowest BCUT2D eigenvalue weighted by atomic mass is 10.1. The van der Waals surface area contributed by atoms with Gasteiger partial charge in [-0.15, -0.1) is 0 Å². The Morgan fingerprint density at radius 1 is 1.08 bits per heavy atom. The highest BCUT2D eigenvalue weighted by molar-refractivity contribution is 7.88. The molecule has 134 valence electrons. The van der Waals surface area contributed by atoms with Gasteiger partial charge in [-0.1, -0.05) is 43.2 Å². The second-order valence-corrected chi connectivity index (χ2v) is 7.14. The monoisotopic (exact) mass is 358 g/mol. The van der Waals surface area contributed by atoms with Gasteiger partial charge in [-0.2, -0.15) is 0 Å². The molecule has 0 aliphatic heterocycles. The molecule has 1 atom stereocenters. The molecule has 4 N–H and O–H groups in total. The largest absolute Gasteiger partial charge is 0.480 e. The molecule has 0 aromatic heterocycles. The van der Waals surface area contributed by atoms with Crippen LogP contribution in [0.5, 0.6) is 0 Å². The van der Waals surface area contributed by atoms with Gasteiger partial charge in [-0.05, 0) is 18.4 Å². The van der Waals surface area contributed by atoms with E-state index in [-0.39, 0.29) is 18.6 Å². The fourth-order valence-corrected chi connectivity index (χ4v) is 3.52. The first kappa shape index (κ1) is 20.1.